The van der Waals surface area contributed by atoms with E-state index in [2.05, 4.69) is 12.2 Å². The summed E-state index contributed by atoms with van der Waals surface area (Å²) in [5.41, 5.74) is 10.8. The average molecular weight is 241 g/mol. The molecule has 12 heavy (non-hydrogen) atoms. The monoisotopic (exact) mass is 239 g/mol. The molecule has 1 atom stereocenters. The van der Waals surface area contributed by atoms with Gasteiger partial charge in [0.2, 0.25) is 0 Å². The van der Waals surface area contributed by atoms with Crippen LogP contribution in [0.1, 0.15) is 19.8 Å². The van der Waals surface area contributed by atoms with Crippen LogP contribution in [0.5, 0.6) is 0 Å². The molecule has 6 heteroatoms. The van der Waals surface area contributed by atoms with Gasteiger partial charge in [0.1, 0.15) is 0 Å². The Morgan fingerprint density at radius 3 is 2.08 bits per heavy atom. The lowest BCUT2D eigenvalue weighted by molar-refractivity contribution is 0.508. The van der Waals surface area contributed by atoms with Crippen LogP contribution < -0.4 is 16.8 Å². The van der Waals surface area contributed by atoms with Crippen molar-refractivity contribution in [2.24, 2.45) is 11.5 Å². The Bertz CT molecular complexity index is 66.0. The van der Waals surface area contributed by atoms with Gasteiger partial charge in [-0.15, -0.1) is 37.2 Å². The molecule has 0 radical (unpaired) electrons. The Kier molecular flexibility index (Phi) is 34.0. The van der Waals surface area contributed by atoms with Crippen molar-refractivity contribution < 1.29 is 0 Å². The summed E-state index contributed by atoms with van der Waals surface area (Å²) >= 11 is 0. The molecule has 80 valence electrons. The van der Waals surface area contributed by atoms with E-state index in [-0.39, 0.29) is 43.4 Å². The Morgan fingerprint density at radius 2 is 1.75 bits per heavy atom. The van der Waals surface area contributed by atoms with Crippen LogP contribution in [0.25, 0.3) is 0 Å². The molecule has 0 aromatic heterocycles. The molecule has 0 aliphatic heterocycles. The van der Waals surface area contributed by atoms with E-state index in [1.807, 2.05) is 0 Å². The van der Waals surface area contributed by atoms with E-state index in [0.717, 1.165) is 25.9 Å². The summed E-state index contributed by atoms with van der Waals surface area (Å²) in [4.78, 5) is 0. The van der Waals surface area contributed by atoms with Gasteiger partial charge in [0.25, 0.3) is 0 Å². The first-order valence-electron chi connectivity index (χ1n) is 3.50. The highest BCUT2D eigenvalue weighted by Gasteiger charge is 1.93. The zero-order valence-electron chi connectivity index (χ0n) is 7.29. The molecule has 0 saturated carbocycles. The summed E-state index contributed by atoms with van der Waals surface area (Å²) in [5.74, 6) is 0. The molecule has 0 rings (SSSR count). The molecular formula is C6H20Cl3N3. The zero-order valence-corrected chi connectivity index (χ0v) is 9.73. The van der Waals surface area contributed by atoms with Gasteiger partial charge in [0, 0.05) is 0 Å². The molecule has 5 N–H and O–H groups in total. The van der Waals surface area contributed by atoms with Crippen molar-refractivity contribution in [3.63, 3.8) is 0 Å². The third-order valence-electron chi connectivity index (χ3n) is 1.23. The van der Waals surface area contributed by atoms with Gasteiger partial charge in [-0.25, -0.2) is 0 Å². The third kappa shape index (κ3) is 17.0. The van der Waals surface area contributed by atoms with Crippen molar-refractivity contribution in [1.29, 1.82) is 0 Å². The summed E-state index contributed by atoms with van der Waals surface area (Å²) in [5, 5.41) is 3.13. The molecular weight excluding hydrogens is 220 g/mol. The van der Waals surface area contributed by atoms with Crippen molar-refractivity contribution in [3.8, 4) is 0 Å². The van der Waals surface area contributed by atoms with Gasteiger partial charge in [0.05, 0.1) is 6.17 Å². The maximum atomic E-state index is 5.56. The topological polar surface area (TPSA) is 64.1 Å². The number of rotatable bonds is 5. The molecule has 0 aliphatic carbocycles. The van der Waals surface area contributed by atoms with Gasteiger partial charge in [-0.05, 0) is 25.9 Å². The number of nitrogens with one attached hydrogen (secondary N) is 1. The summed E-state index contributed by atoms with van der Waals surface area (Å²) in [6.07, 6.45) is 2.13. The molecule has 0 heterocycles. The predicted molar refractivity (Wildman–Crippen MR) is 61.7 cm³/mol. The van der Waals surface area contributed by atoms with Gasteiger partial charge >= 0.3 is 0 Å². The van der Waals surface area contributed by atoms with Crippen LogP contribution in [-0.4, -0.2) is 19.3 Å². The van der Waals surface area contributed by atoms with E-state index in [1.165, 1.54) is 0 Å². The lowest BCUT2D eigenvalue weighted by Gasteiger charge is -2.09. The highest BCUT2D eigenvalue weighted by molar-refractivity contribution is 5.86. The summed E-state index contributed by atoms with van der Waals surface area (Å²) in [7, 11) is 0. The fourth-order valence-corrected chi connectivity index (χ4v) is 0.534. The van der Waals surface area contributed by atoms with E-state index in [4.69, 9.17) is 11.5 Å². The van der Waals surface area contributed by atoms with E-state index in [1.54, 1.807) is 0 Å². The fourth-order valence-electron chi connectivity index (χ4n) is 0.534. The minimum atomic E-state index is 0. The van der Waals surface area contributed by atoms with E-state index in [9.17, 15) is 0 Å². The number of hydrogen-bond donors (Lipinski definition) is 3. The largest absolute Gasteiger partial charge is 0.330 e. The first-order chi connectivity index (χ1) is 4.31. The van der Waals surface area contributed by atoms with Crippen molar-refractivity contribution in [3.05, 3.63) is 0 Å². The van der Waals surface area contributed by atoms with E-state index < -0.39 is 0 Å². The SMILES string of the molecule is CCC(N)NCCCN.Cl.Cl.Cl. The maximum absolute atomic E-state index is 5.56. The van der Waals surface area contributed by atoms with Crippen LogP contribution in [0, 0.1) is 0 Å². The quantitative estimate of drug-likeness (QED) is 0.494. The Labute approximate surface area is 93.3 Å². The second-order valence-electron chi connectivity index (χ2n) is 2.11. The number of nitrogens with two attached hydrogens (primary N) is 2. The molecule has 0 aliphatic rings. The van der Waals surface area contributed by atoms with Gasteiger partial charge < -0.3 is 16.8 Å². The summed E-state index contributed by atoms with van der Waals surface area (Å²) in [6, 6.07) is 0. The van der Waals surface area contributed by atoms with Crippen molar-refractivity contribution in [2.75, 3.05) is 13.1 Å². The van der Waals surface area contributed by atoms with Crippen LogP contribution in [0.4, 0.5) is 0 Å². The van der Waals surface area contributed by atoms with Crippen LogP contribution in [-0.2, 0) is 0 Å². The van der Waals surface area contributed by atoms with E-state index in [0.29, 0.717) is 0 Å². The summed E-state index contributed by atoms with van der Waals surface area (Å²) < 4.78 is 0. The Hall–Kier alpha value is 0.750. The molecule has 0 saturated heterocycles. The van der Waals surface area contributed by atoms with Crippen LogP contribution in [0.15, 0.2) is 0 Å². The number of halogens is 3. The molecule has 0 spiro atoms. The van der Waals surface area contributed by atoms with Gasteiger partial charge in [-0.3, -0.25) is 0 Å². The van der Waals surface area contributed by atoms with E-state index >= 15 is 0 Å². The normalized spacial score (nSPS) is 10.2. The lowest BCUT2D eigenvalue weighted by atomic mass is 10.3. The minimum absolute atomic E-state index is 0. The summed E-state index contributed by atoms with van der Waals surface area (Å²) in [6.45, 7) is 3.73. The van der Waals surface area contributed by atoms with Crippen molar-refractivity contribution >= 4 is 37.2 Å². The van der Waals surface area contributed by atoms with Crippen LogP contribution in [0.2, 0.25) is 0 Å². The standard InChI is InChI=1S/C6H17N3.3ClH/c1-2-6(8)9-5-3-4-7;;;/h6,9H,2-5,7-8H2,1H3;3*1H. The first-order valence-corrected chi connectivity index (χ1v) is 3.50. The average Bonchev–Trinajstić information content (AvgIpc) is 1.89. The molecule has 0 bridgehead atoms. The second-order valence-corrected chi connectivity index (χ2v) is 2.11. The zero-order chi connectivity index (χ0) is 7.11. The molecule has 0 aromatic carbocycles. The van der Waals surface area contributed by atoms with Crippen LogP contribution in [0.3, 0.4) is 0 Å². The van der Waals surface area contributed by atoms with Gasteiger partial charge in [0.15, 0.2) is 0 Å². The molecule has 3 nitrogen and oxygen atoms in total. The highest BCUT2D eigenvalue weighted by Crippen LogP contribution is 1.79. The predicted octanol–water partition coefficient (Wildman–Crippen LogP) is 0.885. The number of hydrogen-bond acceptors (Lipinski definition) is 3. The Morgan fingerprint density at radius 1 is 1.25 bits per heavy atom. The molecule has 1 unspecified atom stereocenters. The first kappa shape index (κ1) is 23.0. The van der Waals surface area contributed by atoms with Crippen molar-refractivity contribution in [2.45, 2.75) is 25.9 Å². The van der Waals surface area contributed by atoms with Gasteiger partial charge in [-0.1, -0.05) is 6.92 Å². The third-order valence-corrected chi connectivity index (χ3v) is 1.23. The fraction of sp³-hybridized carbons (Fsp3) is 1.00. The Balaban J connectivity index is -0.000000107. The van der Waals surface area contributed by atoms with Crippen molar-refractivity contribution in [1.82, 2.24) is 5.32 Å². The molecule has 0 fully saturated rings. The minimum Gasteiger partial charge on any atom is -0.330 e. The van der Waals surface area contributed by atoms with Gasteiger partial charge in [-0.2, -0.15) is 0 Å². The lowest BCUT2D eigenvalue weighted by Crippen LogP contribution is -2.37. The smallest absolute Gasteiger partial charge is 0.0543 e. The molecule has 0 aromatic rings. The van der Waals surface area contributed by atoms with Crippen LogP contribution >= 0.6 is 37.2 Å². The maximum Gasteiger partial charge on any atom is 0.0543 e. The molecule has 0 amide bonds. The highest BCUT2D eigenvalue weighted by atomic mass is 35.5. The second kappa shape index (κ2) is 17.7.